The van der Waals surface area contributed by atoms with Crippen molar-refractivity contribution in [1.82, 2.24) is 14.9 Å². The highest BCUT2D eigenvalue weighted by molar-refractivity contribution is 7.71. The Balaban J connectivity index is 1.66. The Morgan fingerprint density at radius 1 is 1.26 bits per heavy atom. The number of fused-ring (bicyclic) bond motifs is 1. The van der Waals surface area contributed by atoms with Gasteiger partial charge < -0.3 is 10.3 Å². The molecule has 2 aromatic carbocycles. The fourth-order valence-electron chi connectivity index (χ4n) is 3.47. The average molecular weight is 379 g/mol. The lowest BCUT2D eigenvalue weighted by atomic mass is 10.0. The summed E-state index contributed by atoms with van der Waals surface area (Å²) >= 11 is 5.26. The lowest BCUT2D eigenvalue weighted by Gasteiger charge is -2.19. The SMILES string of the molecule is CCn1c(=S)[nH]c2cc(C(=O)N[C@@H](c3ccccc3)C3CC3)ccc2c1=O. The van der Waals surface area contributed by atoms with Crippen molar-refractivity contribution in [3.05, 3.63) is 74.8 Å². The van der Waals surface area contributed by atoms with E-state index in [0.29, 0.717) is 33.7 Å². The first kappa shape index (κ1) is 17.7. The molecule has 0 saturated heterocycles. The molecule has 1 aliphatic rings. The summed E-state index contributed by atoms with van der Waals surface area (Å²) in [6.07, 6.45) is 2.25. The van der Waals surface area contributed by atoms with Crippen molar-refractivity contribution in [2.75, 3.05) is 0 Å². The Kier molecular flexibility index (Phi) is 4.66. The Hall–Kier alpha value is -2.73. The standard InChI is InChI=1S/C21H21N3O2S/c1-2-24-20(26)16-11-10-15(12-17(16)22-21(24)27)19(25)23-18(14-8-9-14)13-6-4-3-5-7-13/h3-7,10-12,14,18H,2,8-9H2,1H3,(H,22,27)(H,23,25)/t18-/m0/s1. The number of amides is 1. The highest BCUT2D eigenvalue weighted by Crippen LogP contribution is 2.41. The fraction of sp³-hybridized carbons (Fsp3) is 0.286. The molecule has 1 amide bonds. The number of carbonyl (C=O) groups is 1. The normalized spacial score (nSPS) is 14.9. The summed E-state index contributed by atoms with van der Waals surface area (Å²) in [5, 5.41) is 3.70. The lowest BCUT2D eigenvalue weighted by Crippen LogP contribution is -2.30. The van der Waals surface area contributed by atoms with Crippen molar-refractivity contribution < 1.29 is 4.79 Å². The van der Waals surface area contributed by atoms with E-state index in [1.54, 1.807) is 18.2 Å². The molecule has 2 N–H and O–H groups in total. The maximum Gasteiger partial charge on any atom is 0.262 e. The van der Waals surface area contributed by atoms with E-state index >= 15 is 0 Å². The van der Waals surface area contributed by atoms with Crippen LogP contribution in [0.5, 0.6) is 0 Å². The van der Waals surface area contributed by atoms with Gasteiger partial charge in [0, 0.05) is 12.1 Å². The van der Waals surface area contributed by atoms with Crippen molar-refractivity contribution in [2.45, 2.75) is 32.4 Å². The number of nitrogens with one attached hydrogen (secondary N) is 2. The van der Waals surface area contributed by atoms with Crippen LogP contribution in [0.3, 0.4) is 0 Å². The number of nitrogens with zero attached hydrogens (tertiary/aromatic N) is 1. The maximum atomic E-state index is 12.9. The van der Waals surface area contributed by atoms with Gasteiger partial charge in [0.2, 0.25) is 0 Å². The number of hydrogen-bond donors (Lipinski definition) is 2. The van der Waals surface area contributed by atoms with Gasteiger partial charge in [-0.1, -0.05) is 30.3 Å². The van der Waals surface area contributed by atoms with Gasteiger partial charge in [0.15, 0.2) is 4.77 Å². The zero-order chi connectivity index (χ0) is 19.0. The molecule has 1 aromatic heterocycles. The zero-order valence-electron chi connectivity index (χ0n) is 15.1. The van der Waals surface area contributed by atoms with Crippen LogP contribution in [0, 0.1) is 10.7 Å². The molecule has 1 aliphatic carbocycles. The van der Waals surface area contributed by atoms with E-state index in [2.05, 4.69) is 10.3 Å². The Labute approximate surface area is 162 Å². The van der Waals surface area contributed by atoms with E-state index in [0.717, 1.165) is 18.4 Å². The molecular formula is C21H21N3O2S. The third kappa shape index (κ3) is 3.45. The van der Waals surface area contributed by atoms with Crippen LogP contribution in [0.4, 0.5) is 0 Å². The lowest BCUT2D eigenvalue weighted by molar-refractivity contribution is 0.0932. The molecule has 27 heavy (non-hydrogen) atoms. The Bertz CT molecular complexity index is 1110. The monoisotopic (exact) mass is 379 g/mol. The van der Waals surface area contributed by atoms with Gasteiger partial charge in [-0.15, -0.1) is 0 Å². The molecule has 6 heteroatoms. The summed E-state index contributed by atoms with van der Waals surface area (Å²) in [6.45, 7) is 2.38. The largest absolute Gasteiger partial charge is 0.345 e. The second-order valence-corrected chi connectivity index (χ2v) is 7.33. The van der Waals surface area contributed by atoms with Gasteiger partial charge in [-0.05, 0) is 61.7 Å². The molecule has 1 saturated carbocycles. The minimum Gasteiger partial charge on any atom is -0.345 e. The summed E-state index contributed by atoms with van der Waals surface area (Å²) in [6, 6.07) is 15.2. The van der Waals surface area contributed by atoms with E-state index in [4.69, 9.17) is 12.2 Å². The molecule has 5 nitrogen and oxygen atoms in total. The number of H-pyrrole nitrogens is 1. The van der Waals surface area contributed by atoms with Gasteiger partial charge in [0.25, 0.3) is 11.5 Å². The molecule has 1 atom stereocenters. The average Bonchev–Trinajstić information content (AvgIpc) is 3.51. The second-order valence-electron chi connectivity index (χ2n) is 6.94. The first-order valence-corrected chi connectivity index (χ1v) is 9.62. The predicted octanol–water partition coefficient (Wildman–Crippen LogP) is 3.96. The van der Waals surface area contributed by atoms with Gasteiger partial charge in [0.1, 0.15) is 0 Å². The molecule has 0 unspecified atom stereocenters. The van der Waals surface area contributed by atoms with Crippen LogP contribution in [0.15, 0.2) is 53.3 Å². The van der Waals surface area contributed by atoms with Gasteiger partial charge in [-0.25, -0.2) is 0 Å². The number of hydrogen-bond acceptors (Lipinski definition) is 3. The van der Waals surface area contributed by atoms with Crippen LogP contribution >= 0.6 is 12.2 Å². The van der Waals surface area contributed by atoms with E-state index in [1.807, 2.05) is 37.3 Å². The molecule has 1 fully saturated rings. The highest BCUT2D eigenvalue weighted by Gasteiger charge is 2.33. The highest BCUT2D eigenvalue weighted by atomic mass is 32.1. The summed E-state index contributed by atoms with van der Waals surface area (Å²) in [4.78, 5) is 28.4. The van der Waals surface area contributed by atoms with Gasteiger partial charge in [0.05, 0.1) is 16.9 Å². The first-order chi connectivity index (χ1) is 13.1. The molecule has 3 aromatic rings. The molecule has 0 aliphatic heterocycles. The number of aromatic nitrogens is 2. The topological polar surface area (TPSA) is 66.9 Å². The van der Waals surface area contributed by atoms with Crippen molar-refractivity contribution in [1.29, 1.82) is 0 Å². The van der Waals surface area contributed by atoms with Crippen LogP contribution in [0.25, 0.3) is 10.9 Å². The summed E-state index contributed by atoms with van der Waals surface area (Å²) in [5.74, 6) is 0.344. The molecule has 0 spiro atoms. The van der Waals surface area contributed by atoms with Crippen LogP contribution in [-0.4, -0.2) is 15.5 Å². The minimum absolute atomic E-state index is 0.0148. The summed E-state index contributed by atoms with van der Waals surface area (Å²) in [5.41, 5.74) is 2.09. The van der Waals surface area contributed by atoms with Gasteiger partial charge in [-0.2, -0.15) is 0 Å². The van der Waals surface area contributed by atoms with E-state index < -0.39 is 0 Å². The Morgan fingerprint density at radius 2 is 2.00 bits per heavy atom. The third-order valence-electron chi connectivity index (χ3n) is 5.10. The van der Waals surface area contributed by atoms with Crippen LogP contribution in [0.2, 0.25) is 0 Å². The molecule has 4 rings (SSSR count). The van der Waals surface area contributed by atoms with Crippen LogP contribution in [-0.2, 0) is 6.54 Å². The predicted molar refractivity (Wildman–Crippen MR) is 108 cm³/mol. The number of benzene rings is 2. The van der Waals surface area contributed by atoms with Crippen molar-refractivity contribution in [3.8, 4) is 0 Å². The Morgan fingerprint density at radius 3 is 2.67 bits per heavy atom. The zero-order valence-corrected chi connectivity index (χ0v) is 15.9. The summed E-state index contributed by atoms with van der Waals surface area (Å²) in [7, 11) is 0. The number of rotatable bonds is 5. The summed E-state index contributed by atoms with van der Waals surface area (Å²) < 4.78 is 1.88. The number of aromatic amines is 1. The smallest absolute Gasteiger partial charge is 0.262 e. The second kappa shape index (κ2) is 7.12. The third-order valence-corrected chi connectivity index (χ3v) is 5.42. The van der Waals surface area contributed by atoms with Crippen LogP contribution < -0.4 is 10.9 Å². The first-order valence-electron chi connectivity index (χ1n) is 9.21. The van der Waals surface area contributed by atoms with Gasteiger partial charge >= 0.3 is 0 Å². The van der Waals surface area contributed by atoms with Crippen molar-refractivity contribution in [2.24, 2.45) is 5.92 Å². The van der Waals surface area contributed by atoms with Crippen molar-refractivity contribution >= 4 is 29.0 Å². The van der Waals surface area contributed by atoms with E-state index in [-0.39, 0.29) is 17.5 Å². The molecular weight excluding hydrogens is 358 g/mol. The minimum atomic E-state index is -0.142. The number of carbonyl (C=O) groups excluding carboxylic acids is 1. The van der Waals surface area contributed by atoms with Crippen LogP contribution in [0.1, 0.15) is 41.7 Å². The van der Waals surface area contributed by atoms with E-state index in [9.17, 15) is 9.59 Å². The van der Waals surface area contributed by atoms with Gasteiger partial charge in [-0.3, -0.25) is 14.2 Å². The quantitative estimate of drug-likeness (QED) is 0.660. The van der Waals surface area contributed by atoms with Crippen molar-refractivity contribution in [3.63, 3.8) is 0 Å². The van der Waals surface area contributed by atoms with E-state index in [1.165, 1.54) is 4.57 Å². The maximum absolute atomic E-state index is 12.9. The molecule has 0 radical (unpaired) electrons. The fourth-order valence-corrected chi connectivity index (χ4v) is 3.79. The molecule has 1 heterocycles. The molecule has 138 valence electrons. The molecule has 0 bridgehead atoms.